The second kappa shape index (κ2) is 6.76. The van der Waals surface area contributed by atoms with Gasteiger partial charge >= 0.3 is 0 Å². The molecule has 0 spiro atoms. The summed E-state index contributed by atoms with van der Waals surface area (Å²) in [7, 11) is 1.88. The van der Waals surface area contributed by atoms with E-state index < -0.39 is 0 Å². The highest BCUT2D eigenvalue weighted by molar-refractivity contribution is 5.76. The van der Waals surface area contributed by atoms with Crippen LogP contribution in [0.1, 0.15) is 36.6 Å². The van der Waals surface area contributed by atoms with E-state index in [2.05, 4.69) is 15.1 Å². The van der Waals surface area contributed by atoms with Crippen molar-refractivity contribution in [1.82, 2.24) is 24.6 Å². The third kappa shape index (κ3) is 3.67. The smallest absolute Gasteiger partial charge is 0.250 e. The Labute approximate surface area is 134 Å². The molecule has 0 unspecified atom stereocenters. The number of rotatable bonds is 4. The van der Waals surface area contributed by atoms with Crippen LogP contribution in [0.25, 0.3) is 0 Å². The molecule has 7 nitrogen and oxygen atoms in total. The summed E-state index contributed by atoms with van der Waals surface area (Å²) in [6.07, 6.45) is 6.25. The standard InChI is InChI=1S/C16H21N5O2/c1-20-13(6-7-19-20)4-5-16(23)21-8-2-3-12(10-21)14-9-15(22)18-11-17-14/h6-7,9,11-12H,2-5,8,10H2,1H3,(H,17,18,22)/t12-/m0/s1. The zero-order valence-corrected chi connectivity index (χ0v) is 13.2. The van der Waals surface area contributed by atoms with Gasteiger partial charge in [0.2, 0.25) is 5.91 Å². The summed E-state index contributed by atoms with van der Waals surface area (Å²) < 4.78 is 1.80. The molecule has 0 aromatic carbocycles. The number of nitrogens with one attached hydrogen (secondary N) is 1. The molecule has 0 saturated carbocycles. The Morgan fingerprint density at radius 3 is 3.09 bits per heavy atom. The molecule has 1 atom stereocenters. The summed E-state index contributed by atoms with van der Waals surface area (Å²) in [4.78, 5) is 32.6. The predicted octanol–water partition coefficient (Wildman–Crippen LogP) is 0.842. The first-order valence-electron chi connectivity index (χ1n) is 7.93. The van der Waals surface area contributed by atoms with Crippen LogP contribution >= 0.6 is 0 Å². The fraction of sp³-hybridized carbons (Fsp3) is 0.500. The van der Waals surface area contributed by atoms with Crippen molar-refractivity contribution >= 4 is 5.91 Å². The first kappa shape index (κ1) is 15.5. The lowest BCUT2D eigenvalue weighted by atomic mass is 9.94. The van der Waals surface area contributed by atoms with Crippen molar-refractivity contribution in [1.29, 1.82) is 0 Å². The topological polar surface area (TPSA) is 83.9 Å². The number of amides is 1. The van der Waals surface area contributed by atoms with Gasteiger partial charge in [0.25, 0.3) is 5.56 Å². The molecule has 1 aliphatic heterocycles. The Bertz CT molecular complexity index is 736. The summed E-state index contributed by atoms with van der Waals surface area (Å²) in [5, 5.41) is 4.12. The second-order valence-electron chi connectivity index (χ2n) is 5.96. The van der Waals surface area contributed by atoms with Crippen molar-refractivity contribution in [3.05, 3.63) is 46.4 Å². The van der Waals surface area contributed by atoms with Gasteiger partial charge in [-0.3, -0.25) is 14.3 Å². The molecule has 1 amide bonds. The van der Waals surface area contributed by atoms with Crippen molar-refractivity contribution in [2.75, 3.05) is 13.1 Å². The van der Waals surface area contributed by atoms with Crippen LogP contribution < -0.4 is 5.56 Å². The van der Waals surface area contributed by atoms with E-state index in [9.17, 15) is 9.59 Å². The van der Waals surface area contributed by atoms with E-state index in [4.69, 9.17) is 0 Å². The first-order chi connectivity index (χ1) is 11.1. The van der Waals surface area contributed by atoms with Crippen LogP contribution in [0.5, 0.6) is 0 Å². The lowest BCUT2D eigenvalue weighted by Gasteiger charge is -2.32. The molecule has 3 heterocycles. The van der Waals surface area contributed by atoms with Gasteiger partial charge in [-0.2, -0.15) is 5.10 Å². The molecular weight excluding hydrogens is 294 g/mol. The third-order valence-corrected chi connectivity index (χ3v) is 4.41. The molecule has 7 heteroatoms. The lowest BCUT2D eigenvalue weighted by molar-refractivity contribution is -0.132. The zero-order chi connectivity index (χ0) is 16.2. The summed E-state index contributed by atoms with van der Waals surface area (Å²) in [5.41, 5.74) is 1.69. The number of likely N-dealkylation sites (tertiary alicyclic amines) is 1. The van der Waals surface area contributed by atoms with Crippen molar-refractivity contribution in [2.45, 2.75) is 31.6 Å². The van der Waals surface area contributed by atoms with Crippen LogP contribution in [-0.2, 0) is 18.3 Å². The summed E-state index contributed by atoms with van der Waals surface area (Å²) in [6.45, 7) is 1.42. The van der Waals surface area contributed by atoms with E-state index >= 15 is 0 Å². The number of nitrogens with zero attached hydrogens (tertiary/aromatic N) is 4. The lowest BCUT2D eigenvalue weighted by Crippen LogP contribution is -2.39. The number of hydrogen-bond donors (Lipinski definition) is 1. The maximum atomic E-state index is 12.5. The number of aromatic amines is 1. The van der Waals surface area contributed by atoms with E-state index in [1.807, 2.05) is 18.0 Å². The van der Waals surface area contributed by atoms with Crippen LogP contribution in [-0.4, -0.2) is 43.6 Å². The molecular formula is C16H21N5O2. The molecule has 1 N–H and O–H groups in total. The number of carbonyl (C=O) groups is 1. The molecule has 1 saturated heterocycles. The third-order valence-electron chi connectivity index (χ3n) is 4.41. The first-order valence-corrected chi connectivity index (χ1v) is 7.93. The van der Waals surface area contributed by atoms with Crippen molar-refractivity contribution < 1.29 is 4.79 Å². The predicted molar refractivity (Wildman–Crippen MR) is 84.9 cm³/mol. The average molecular weight is 315 g/mol. The number of H-pyrrole nitrogens is 1. The maximum Gasteiger partial charge on any atom is 0.250 e. The molecule has 122 valence electrons. The highest BCUT2D eigenvalue weighted by atomic mass is 16.2. The van der Waals surface area contributed by atoms with Gasteiger partial charge in [-0.25, -0.2) is 4.98 Å². The Kier molecular flexibility index (Phi) is 4.55. The minimum Gasteiger partial charge on any atom is -0.342 e. The summed E-state index contributed by atoms with van der Waals surface area (Å²) in [5.74, 6) is 0.299. The largest absolute Gasteiger partial charge is 0.342 e. The molecule has 23 heavy (non-hydrogen) atoms. The van der Waals surface area contributed by atoms with E-state index in [1.165, 1.54) is 12.4 Å². The van der Waals surface area contributed by atoms with Gasteiger partial charge in [-0.15, -0.1) is 0 Å². The van der Waals surface area contributed by atoms with E-state index in [0.717, 1.165) is 30.8 Å². The van der Waals surface area contributed by atoms with Crippen molar-refractivity contribution in [3.63, 3.8) is 0 Å². The summed E-state index contributed by atoms with van der Waals surface area (Å²) in [6, 6.07) is 3.47. The average Bonchev–Trinajstić information content (AvgIpc) is 2.98. The fourth-order valence-corrected chi connectivity index (χ4v) is 3.09. The molecule has 0 bridgehead atoms. The van der Waals surface area contributed by atoms with Gasteiger partial charge in [0.1, 0.15) is 0 Å². The van der Waals surface area contributed by atoms with E-state index in [1.54, 1.807) is 10.9 Å². The molecule has 2 aromatic rings. The number of hydrogen-bond acceptors (Lipinski definition) is 4. The van der Waals surface area contributed by atoms with Crippen LogP contribution in [0.4, 0.5) is 0 Å². The molecule has 2 aromatic heterocycles. The molecule has 0 aliphatic carbocycles. The number of piperidine rings is 1. The minimum absolute atomic E-state index is 0.144. The SMILES string of the molecule is Cn1nccc1CCC(=O)N1CCC[C@H](c2cc(=O)[nH]cn2)C1. The van der Waals surface area contributed by atoms with Crippen LogP contribution in [0.3, 0.4) is 0 Å². The Hall–Kier alpha value is -2.44. The molecule has 0 radical (unpaired) electrons. The number of aromatic nitrogens is 4. The highest BCUT2D eigenvalue weighted by Gasteiger charge is 2.25. The van der Waals surface area contributed by atoms with Gasteiger partial charge in [-0.05, 0) is 25.3 Å². The van der Waals surface area contributed by atoms with Gasteiger partial charge < -0.3 is 9.88 Å². The van der Waals surface area contributed by atoms with Gasteiger partial charge in [-0.1, -0.05) is 0 Å². The van der Waals surface area contributed by atoms with Crippen molar-refractivity contribution in [3.8, 4) is 0 Å². The summed E-state index contributed by atoms with van der Waals surface area (Å²) >= 11 is 0. The quantitative estimate of drug-likeness (QED) is 0.906. The number of carbonyl (C=O) groups excluding carboxylic acids is 1. The molecule has 1 aliphatic rings. The van der Waals surface area contributed by atoms with Crippen LogP contribution in [0, 0.1) is 0 Å². The van der Waals surface area contributed by atoms with E-state index in [-0.39, 0.29) is 17.4 Å². The number of aryl methyl sites for hydroxylation is 2. The second-order valence-corrected chi connectivity index (χ2v) is 5.96. The van der Waals surface area contributed by atoms with Crippen LogP contribution in [0.2, 0.25) is 0 Å². The van der Waals surface area contributed by atoms with Crippen molar-refractivity contribution in [2.24, 2.45) is 7.05 Å². The molecule has 1 fully saturated rings. The minimum atomic E-state index is -0.144. The maximum absolute atomic E-state index is 12.5. The van der Waals surface area contributed by atoms with Gasteiger partial charge in [0.05, 0.1) is 12.0 Å². The van der Waals surface area contributed by atoms with Gasteiger partial charge in [0.15, 0.2) is 0 Å². The zero-order valence-electron chi connectivity index (χ0n) is 13.2. The monoisotopic (exact) mass is 315 g/mol. The Morgan fingerprint density at radius 2 is 2.35 bits per heavy atom. The van der Waals surface area contributed by atoms with Gasteiger partial charge in [0, 0.05) is 50.4 Å². The normalized spacial score (nSPS) is 18.1. The fourth-order valence-electron chi connectivity index (χ4n) is 3.09. The Morgan fingerprint density at radius 1 is 1.48 bits per heavy atom. The van der Waals surface area contributed by atoms with Crippen LogP contribution in [0.15, 0.2) is 29.5 Å². The highest BCUT2D eigenvalue weighted by Crippen LogP contribution is 2.25. The molecule has 3 rings (SSSR count). The Balaban J connectivity index is 1.60. The van der Waals surface area contributed by atoms with E-state index in [0.29, 0.717) is 19.4 Å².